The Bertz CT molecular complexity index is 819. The number of carbonyl (C=O) groups is 2. The molecule has 0 unspecified atom stereocenters. The number of carboxylic acids is 1. The van der Waals surface area contributed by atoms with Crippen molar-refractivity contribution in [1.82, 2.24) is 10.0 Å². The van der Waals surface area contributed by atoms with Crippen LogP contribution in [0.15, 0.2) is 17.0 Å². The third-order valence-corrected chi connectivity index (χ3v) is 5.59. The Hall–Kier alpha value is -2.13. The molecular weight excluding hydrogens is 372 g/mol. The normalized spacial score (nSPS) is 14.3. The maximum Gasteiger partial charge on any atom is 0.407 e. The monoisotopic (exact) mass is 400 g/mol. The number of nitrogens with one attached hydrogen (secondary N) is 2. The maximum absolute atomic E-state index is 12.9. The van der Waals surface area contributed by atoms with Crippen molar-refractivity contribution in [3.8, 4) is 0 Å². The lowest BCUT2D eigenvalue weighted by Crippen LogP contribution is -2.59. The highest BCUT2D eigenvalue weighted by molar-refractivity contribution is 7.89. The van der Waals surface area contributed by atoms with Crippen LogP contribution in [0.1, 0.15) is 44.4 Å². The Morgan fingerprint density at radius 3 is 1.96 bits per heavy atom. The minimum absolute atomic E-state index is 0.0258. The zero-order valence-electron chi connectivity index (χ0n) is 16.8. The molecule has 1 aromatic rings. The first-order chi connectivity index (χ1) is 12.1. The van der Waals surface area contributed by atoms with Gasteiger partial charge in [0.05, 0.1) is 11.4 Å². The van der Waals surface area contributed by atoms with Crippen molar-refractivity contribution in [1.29, 1.82) is 0 Å². The number of ether oxygens (including phenoxy) is 1. The third kappa shape index (κ3) is 6.21. The first-order valence-electron chi connectivity index (χ1n) is 8.39. The lowest BCUT2D eigenvalue weighted by atomic mass is 10.1. The van der Waals surface area contributed by atoms with Gasteiger partial charge < -0.3 is 15.2 Å². The number of benzene rings is 1. The van der Waals surface area contributed by atoms with Crippen LogP contribution in [0, 0.1) is 20.8 Å². The Labute approximate surface area is 160 Å². The van der Waals surface area contributed by atoms with Crippen molar-refractivity contribution in [2.45, 2.75) is 64.5 Å². The van der Waals surface area contributed by atoms with Crippen molar-refractivity contribution < 1.29 is 27.9 Å². The van der Waals surface area contributed by atoms with Crippen molar-refractivity contribution in [2.75, 3.05) is 6.54 Å². The van der Waals surface area contributed by atoms with E-state index in [1.54, 1.807) is 46.8 Å². The van der Waals surface area contributed by atoms with Gasteiger partial charge in [-0.15, -0.1) is 0 Å². The van der Waals surface area contributed by atoms with E-state index in [1.807, 2.05) is 6.92 Å². The Morgan fingerprint density at radius 1 is 1.07 bits per heavy atom. The van der Waals surface area contributed by atoms with Crippen LogP contribution in [-0.2, 0) is 19.6 Å². The van der Waals surface area contributed by atoms with Crippen LogP contribution in [0.2, 0.25) is 0 Å². The molecule has 0 fully saturated rings. The van der Waals surface area contributed by atoms with E-state index >= 15 is 0 Å². The summed E-state index contributed by atoms with van der Waals surface area (Å²) in [7, 11) is -4.15. The summed E-state index contributed by atoms with van der Waals surface area (Å²) >= 11 is 0. The molecule has 0 aliphatic carbocycles. The van der Waals surface area contributed by atoms with E-state index in [1.165, 1.54) is 6.92 Å². The molecular formula is C18H28N2O6S. The predicted molar refractivity (Wildman–Crippen MR) is 101 cm³/mol. The van der Waals surface area contributed by atoms with E-state index < -0.39 is 39.8 Å². The van der Waals surface area contributed by atoms with E-state index in [-0.39, 0.29) is 4.90 Å². The number of aryl methyl sites for hydroxylation is 3. The van der Waals surface area contributed by atoms with Crippen LogP contribution >= 0.6 is 0 Å². The van der Waals surface area contributed by atoms with E-state index in [0.717, 1.165) is 5.56 Å². The quantitative estimate of drug-likeness (QED) is 0.673. The van der Waals surface area contributed by atoms with Crippen LogP contribution in [0.3, 0.4) is 0 Å². The number of carbonyl (C=O) groups excluding carboxylic acids is 1. The lowest BCUT2D eigenvalue weighted by molar-refractivity contribution is -0.143. The highest BCUT2D eigenvalue weighted by Gasteiger charge is 2.39. The van der Waals surface area contributed by atoms with Gasteiger partial charge in [-0.2, -0.15) is 4.72 Å². The second-order valence-electron chi connectivity index (χ2n) is 7.83. The molecule has 1 rings (SSSR count). The van der Waals surface area contributed by atoms with Gasteiger partial charge in [0.15, 0.2) is 0 Å². The van der Waals surface area contributed by atoms with Crippen molar-refractivity contribution >= 4 is 22.1 Å². The van der Waals surface area contributed by atoms with Gasteiger partial charge in [-0.05, 0) is 59.6 Å². The Balaban J connectivity index is 3.12. The summed E-state index contributed by atoms with van der Waals surface area (Å²) in [5.41, 5.74) is -0.809. The Morgan fingerprint density at radius 2 is 1.56 bits per heavy atom. The van der Waals surface area contributed by atoms with E-state index in [0.29, 0.717) is 11.1 Å². The molecule has 0 saturated carbocycles. The van der Waals surface area contributed by atoms with Gasteiger partial charge in [0.25, 0.3) is 0 Å². The molecule has 1 atom stereocenters. The predicted octanol–water partition coefficient (Wildman–Crippen LogP) is 2.26. The van der Waals surface area contributed by atoms with Gasteiger partial charge in [-0.25, -0.2) is 13.2 Å². The molecule has 3 N–H and O–H groups in total. The van der Waals surface area contributed by atoms with Gasteiger partial charge in [0.1, 0.15) is 11.1 Å². The third-order valence-electron chi connectivity index (χ3n) is 3.69. The lowest BCUT2D eigenvalue weighted by Gasteiger charge is -2.28. The minimum atomic E-state index is -4.15. The summed E-state index contributed by atoms with van der Waals surface area (Å²) in [6.07, 6.45) is -0.836. The number of hydrogen-bond donors (Lipinski definition) is 3. The summed E-state index contributed by atoms with van der Waals surface area (Å²) in [6, 6.07) is 3.41. The largest absolute Gasteiger partial charge is 0.480 e. The molecule has 0 radical (unpaired) electrons. The van der Waals surface area contributed by atoms with Crippen molar-refractivity contribution in [3.05, 3.63) is 28.8 Å². The topological polar surface area (TPSA) is 122 Å². The maximum atomic E-state index is 12.9. The molecule has 9 heteroatoms. The van der Waals surface area contributed by atoms with Crippen LogP contribution < -0.4 is 10.0 Å². The number of hydrogen-bond acceptors (Lipinski definition) is 5. The molecule has 1 amide bonds. The molecule has 0 saturated heterocycles. The number of alkyl carbamates (subject to hydrolysis) is 1. The average Bonchev–Trinajstić information content (AvgIpc) is 2.41. The summed E-state index contributed by atoms with van der Waals surface area (Å²) in [6.45, 7) is 10.8. The summed E-state index contributed by atoms with van der Waals surface area (Å²) in [5, 5.41) is 11.9. The highest BCUT2D eigenvalue weighted by Crippen LogP contribution is 2.23. The highest BCUT2D eigenvalue weighted by atomic mass is 32.2. The first-order valence-corrected chi connectivity index (χ1v) is 9.88. The zero-order chi connectivity index (χ0) is 21.2. The molecule has 1 aromatic carbocycles. The number of amides is 1. The molecule has 0 bridgehead atoms. The smallest absolute Gasteiger partial charge is 0.407 e. The van der Waals surface area contributed by atoms with Crippen LogP contribution in [0.4, 0.5) is 4.79 Å². The first kappa shape index (κ1) is 22.9. The summed E-state index contributed by atoms with van der Waals surface area (Å²) < 4.78 is 33.0. The molecule has 0 aliphatic rings. The van der Waals surface area contributed by atoms with Gasteiger partial charge in [-0.3, -0.25) is 4.79 Å². The van der Waals surface area contributed by atoms with Gasteiger partial charge in [0, 0.05) is 0 Å². The van der Waals surface area contributed by atoms with Crippen LogP contribution in [-0.4, -0.2) is 43.3 Å². The number of carboxylic acid groups (broad SMARTS) is 1. The second kappa shape index (κ2) is 7.85. The van der Waals surface area contributed by atoms with E-state index in [9.17, 15) is 23.1 Å². The average molecular weight is 400 g/mol. The number of aliphatic carboxylic acids is 1. The van der Waals surface area contributed by atoms with E-state index in [4.69, 9.17) is 4.74 Å². The summed E-state index contributed by atoms with van der Waals surface area (Å²) in [4.78, 5) is 23.6. The number of sulfonamides is 1. The molecule has 27 heavy (non-hydrogen) atoms. The molecule has 0 aromatic heterocycles. The summed E-state index contributed by atoms with van der Waals surface area (Å²) in [5.74, 6) is -1.43. The van der Waals surface area contributed by atoms with Crippen molar-refractivity contribution in [3.63, 3.8) is 0 Å². The number of rotatable bonds is 6. The Kier molecular flexibility index (Phi) is 6.66. The van der Waals surface area contributed by atoms with E-state index in [2.05, 4.69) is 10.0 Å². The van der Waals surface area contributed by atoms with Crippen LogP contribution in [0.5, 0.6) is 0 Å². The fourth-order valence-corrected chi connectivity index (χ4v) is 4.48. The second-order valence-corrected chi connectivity index (χ2v) is 9.45. The zero-order valence-corrected chi connectivity index (χ0v) is 17.6. The SMILES string of the molecule is Cc1cc(C)c(S(=O)(=O)N[C@@](C)(CNC(=O)OC(C)(C)C)C(=O)O)c(C)c1. The van der Waals surface area contributed by atoms with Gasteiger partial charge in [0.2, 0.25) is 10.0 Å². The fraction of sp³-hybridized carbons (Fsp3) is 0.556. The molecule has 152 valence electrons. The standard InChI is InChI=1S/C18H28N2O6S/c1-11-8-12(2)14(13(3)9-11)27(24,25)20-18(7,15(21)22)10-19-16(23)26-17(4,5)6/h8-9,20H,10H2,1-7H3,(H,19,23)(H,21,22)/t18-/m0/s1. The van der Waals surface area contributed by atoms with Gasteiger partial charge >= 0.3 is 12.1 Å². The fourth-order valence-electron chi connectivity index (χ4n) is 2.66. The van der Waals surface area contributed by atoms with Gasteiger partial charge in [-0.1, -0.05) is 17.7 Å². The molecule has 0 heterocycles. The molecule has 0 aliphatic heterocycles. The molecule has 8 nitrogen and oxygen atoms in total. The molecule has 0 spiro atoms. The van der Waals surface area contributed by atoms with Crippen LogP contribution in [0.25, 0.3) is 0 Å². The minimum Gasteiger partial charge on any atom is -0.480 e. The van der Waals surface area contributed by atoms with Crippen molar-refractivity contribution in [2.24, 2.45) is 0 Å².